The maximum absolute atomic E-state index is 12.5. The molecular weight excluding hydrogens is 360 g/mol. The van der Waals surface area contributed by atoms with Crippen LogP contribution in [0.15, 0.2) is 47.1 Å². The Morgan fingerprint density at radius 2 is 2.00 bits per heavy atom. The van der Waals surface area contributed by atoms with Crippen molar-refractivity contribution in [3.63, 3.8) is 0 Å². The van der Waals surface area contributed by atoms with Crippen LogP contribution in [-0.4, -0.2) is 37.4 Å². The van der Waals surface area contributed by atoms with Gasteiger partial charge >= 0.3 is 0 Å². The second-order valence-electron chi connectivity index (χ2n) is 6.98. The summed E-state index contributed by atoms with van der Waals surface area (Å²) in [7, 11) is 0. The van der Waals surface area contributed by atoms with Gasteiger partial charge in [-0.1, -0.05) is 12.1 Å². The highest BCUT2D eigenvalue weighted by atomic mass is 16.3. The van der Waals surface area contributed by atoms with Gasteiger partial charge in [0, 0.05) is 0 Å². The topological polar surface area (TPSA) is 119 Å². The maximum atomic E-state index is 12.5. The number of likely N-dealkylation sites (tertiary alicyclic amines) is 1. The molecule has 8 nitrogen and oxygen atoms in total. The van der Waals surface area contributed by atoms with Gasteiger partial charge < -0.3 is 25.7 Å². The fourth-order valence-corrected chi connectivity index (χ4v) is 3.44. The van der Waals surface area contributed by atoms with E-state index in [0.29, 0.717) is 23.6 Å². The van der Waals surface area contributed by atoms with Crippen LogP contribution in [0.1, 0.15) is 29.0 Å². The lowest BCUT2D eigenvalue weighted by Crippen LogP contribution is -3.14. The van der Waals surface area contributed by atoms with Crippen LogP contribution in [0.3, 0.4) is 0 Å². The molecule has 1 aromatic heterocycles. The van der Waals surface area contributed by atoms with E-state index in [1.807, 2.05) is 0 Å². The Morgan fingerprint density at radius 3 is 2.75 bits per heavy atom. The van der Waals surface area contributed by atoms with Gasteiger partial charge in [0.05, 0.1) is 43.1 Å². The number of nitrogens with two attached hydrogens (primary N) is 1. The molecule has 2 heterocycles. The lowest BCUT2D eigenvalue weighted by atomic mass is 9.97. The third-order valence-electron chi connectivity index (χ3n) is 4.88. The Hall–Kier alpha value is -3.13. The largest absolute Gasteiger partial charge is 0.467 e. The SMILES string of the molecule is NC(=O)[C@@H]1CCC[NH+](CC(=O)Nc2ccccc2C(=O)NCc2ccco2)C1. The van der Waals surface area contributed by atoms with E-state index in [9.17, 15) is 14.4 Å². The number of hydrogen-bond donors (Lipinski definition) is 4. The Morgan fingerprint density at radius 1 is 1.18 bits per heavy atom. The first-order valence-corrected chi connectivity index (χ1v) is 9.35. The molecule has 5 N–H and O–H groups in total. The number of nitrogens with one attached hydrogen (secondary N) is 3. The van der Waals surface area contributed by atoms with E-state index in [4.69, 9.17) is 10.2 Å². The second-order valence-corrected chi connectivity index (χ2v) is 6.98. The molecule has 1 aromatic carbocycles. The minimum atomic E-state index is -0.309. The Balaban J connectivity index is 1.58. The fourth-order valence-electron chi connectivity index (χ4n) is 3.44. The van der Waals surface area contributed by atoms with Crippen molar-refractivity contribution in [2.45, 2.75) is 19.4 Å². The van der Waals surface area contributed by atoms with Crippen molar-refractivity contribution in [2.75, 3.05) is 25.0 Å². The summed E-state index contributed by atoms with van der Waals surface area (Å²) in [6, 6.07) is 10.4. The van der Waals surface area contributed by atoms with Crippen LogP contribution in [0.2, 0.25) is 0 Å². The number of amides is 3. The second kappa shape index (κ2) is 9.18. The van der Waals surface area contributed by atoms with Crippen molar-refractivity contribution in [3.8, 4) is 0 Å². The van der Waals surface area contributed by atoms with Gasteiger partial charge in [-0.25, -0.2) is 0 Å². The fraction of sp³-hybridized carbons (Fsp3) is 0.350. The van der Waals surface area contributed by atoms with Crippen LogP contribution in [0.5, 0.6) is 0 Å². The zero-order valence-electron chi connectivity index (χ0n) is 15.6. The van der Waals surface area contributed by atoms with E-state index in [1.165, 1.54) is 0 Å². The van der Waals surface area contributed by atoms with Crippen molar-refractivity contribution in [1.29, 1.82) is 0 Å². The molecular formula is C20H25N4O4+. The summed E-state index contributed by atoms with van der Waals surface area (Å²) in [6.07, 6.45) is 3.18. The molecule has 28 heavy (non-hydrogen) atoms. The van der Waals surface area contributed by atoms with Crippen LogP contribution < -0.4 is 21.3 Å². The van der Waals surface area contributed by atoms with E-state index in [0.717, 1.165) is 24.3 Å². The summed E-state index contributed by atoms with van der Waals surface area (Å²) < 4.78 is 5.20. The molecule has 0 saturated carbocycles. The van der Waals surface area contributed by atoms with Crippen molar-refractivity contribution < 1.29 is 23.7 Å². The number of para-hydroxylation sites is 1. The number of piperidine rings is 1. The summed E-state index contributed by atoms with van der Waals surface area (Å²) in [5.41, 5.74) is 6.23. The molecule has 3 rings (SSSR count). The summed E-state index contributed by atoms with van der Waals surface area (Å²) >= 11 is 0. The molecule has 148 valence electrons. The zero-order chi connectivity index (χ0) is 19.9. The first kappa shape index (κ1) is 19.6. The summed E-state index contributed by atoms with van der Waals surface area (Å²) in [5.74, 6) is -0.349. The van der Waals surface area contributed by atoms with Crippen LogP contribution in [0.25, 0.3) is 0 Å². The van der Waals surface area contributed by atoms with Crippen LogP contribution in [-0.2, 0) is 16.1 Å². The quantitative estimate of drug-likeness (QED) is 0.533. The lowest BCUT2D eigenvalue weighted by molar-refractivity contribution is -0.899. The third-order valence-corrected chi connectivity index (χ3v) is 4.88. The number of primary amides is 1. The van der Waals surface area contributed by atoms with E-state index < -0.39 is 0 Å². The van der Waals surface area contributed by atoms with E-state index in [1.54, 1.807) is 42.7 Å². The van der Waals surface area contributed by atoms with Gasteiger partial charge in [-0.2, -0.15) is 0 Å². The number of benzene rings is 1. The highest BCUT2D eigenvalue weighted by molar-refractivity contribution is 6.03. The first-order valence-electron chi connectivity index (χ1n) is 9.35. The van der Waals surface area contributed by atoms with Crippen molar-refractivity contribution in [1.82, 2.24) is 5.32 Å². The average Bonchev–Trinajstić information content (AvgIpc) is 3.20. The van der Waals surface area contributed by atoms with Gasteiger partial charge in [0.15, 0.2) is 6.54 Å². The van der Waals surface area contributed by atoms with E-state index in [2.05, 4.69) is 10.6 Å². The van der Waals surface area contributed by atoms with Crippen LogP contribution in [0, 0.1) is 5.92 Å². The molecule has 2 atom stereocenters. The third kappa shape index (κ3) is 5.20. The predicted octanol–water partition coefficient (Wildman–Crippen LogP) is -0.0717. The molecule has 3 amide bonds. The number of hydrogen-bond acceptors (Lipinski definition) is 4. The first-order chi connectivity index (χ1) is 13.5. The molecule has 1 saturated heterocycles. The van der Waals surface area contributed by atoms with Crippen LogP contribution >= 0.6 is 0 Å². The van der Waals surface area contributed by atoms with Crippen LogP contribution in [0.4, 0.5) is 5.69 Å². The number of furan rings is 1. The summed E-state index contributed by atoms with van der Waals surface area (Å²) in [6.45, 7) is 1.88. The van der Waals surface area contributed by atoms with Crippen molar-refractivity contribution >= 4 is 23.4 Å². The molecule has 1 aliphatic rings. The van der Waals surface area contributed by atoms with Gasteiger partial charge in [0.2, 0.25) is 5.91 Å². The van der Waals surface area contributed by atoms with Gasteiger partial charge in [-0.3, -0.25) is 14.4 Å². The summed E-state index contributed by atoms with van der Waals surface area (Å²) in [4.78, 5) is 37.4. The molecule has 0 bridgehead atoms. The Labute approximate surface area is 163 Å². The normalized spacial score (nSPS) is 19.0. The highest BCUT2D eigenvalue weighted by Gasteiger charge is 2.28. The lowest BCUT2D eigenvalue weighted by Gasteiger charge is -2.27. The number of carbonyl (C=O) groups is 3. The van der Waals surface area contributed by atoms with Crippen molar-refractivity contribution in [3.05, 3.63) is 54.0 Å². The van der Waals surface area contributed by atoms with Gasteiger partial charge in [0.25, 0.3) is 11.8 Å². The maximum Gasteiger partial charge on any atom is 0.279 e. The molecule has 1 fully saturated rings. The van der Waals surface area contributed by atoms with E-state index >= 15 is 0 Å². The smallest absolute Gasteiger partial charge is 0.279 e. The van der Waals surface area contributed by atoms with Crippen molar-refractivity contribution in [2.24, 2.45) is 11.7 Å². The molecule has 8 heteroatoms. The molecule has 1 aliphatic heterocycles. The van der Waals surface area contributed by atoms with Gasteiger partial charge in [-0.15, -0.1) is 0 Å². The molecule has 0 radical (unpaired) electrons. The highest BCUT2D eigenvalue weighted by Crippen LogP contribution is 2.15. The average molecular weight is 385 g/mol. The minimum Gasteiger partial charge on any atom is -0.467 e. The number of carbonyl (C=O) groups excluding carboxylic acids is 3. The van der Waals surface area contributed by atoms with Gasteiger partial charge in [0.1, 0.15) is 5.76 Å². The monoisotopic (exact) mass is 385 g/mol. The van der Waals surface area contributed by atoms with Gasteiger partial charge in [-0.05, 0) is 37.1 Å². The molecule has 1 unspecified atom stereocenters. The van der Waals surface area contributed by atoms with E-state index in [-0.39, 0.29) is 36.7 Å². The summed E-state index contributed by atoms with van der Waals surface area (Å²) in [5, 5.41) is 5.59. The Bertz CT molecular complexity index is 834. The zero-order valence-corrected chi connectivity index (χ0v) is 15.6. The molecule has 0 spiro atoms. The molecule has 0 aliphatic carbocycles. The number of rotatable bonds is 7. The number of quaternary nitrogens is 1. The standard InChI is InChI=1S/C20H24N4O4/c21-19(26)14-5-3-9-24(12-14)13-18(25)23-17-8-2-1-7-16(17)20(27)22-11-15-6-4-10-28-15/h1-2,4,6-8,10,14H,3,5,9,11-13H2,(H2,21,26)(H,22,27)(H,23,25)/p+1/t14-/m1/s1. The minimum absolute atomic E-state index is 0.184. The predicted molar refractivity (Wildman–Crippen MR) is 102 cm³/mol. The number of anilines is 1. The Kier molecular flexibility index (Phi) is 6.44. The molecule has 2 aromatic rings.